The van der Waals surface area contributed by atoms with E-state index in [0.29, 0.717) is 38.8 Å². The second-order valence-corrected chi connectivity index (χ2v) is 25.9. The lowest BCUT2D eigenvalue weighted by molar-refractivity contribution is -0.164. The van der Waals surface area contributed by atoms with Crippen LogP contribution < -0.4 is 16.4 Å². The number of Topliss-reactive ketones (excluding diaryl/α,β-unsaturated/α-hetero) is 2. The van der Waals surface area contributed by atoms with Gasteiger partial charge in [0.25, 0.3) is 0 Å². The summed E-state index contributed by atoms with van der Waals surface area (Å²) in [4.78, 5) is 62.5. The Kier molecular flexibility index (Phi) is 64.0. The molecule has 0 aliphatic rings. The Morgan fingerprint density at radius 2 is 0.476 bits per heavy atom. The maximum absolute atomic E-state index is 15.4. The molecule has 0 rings (SSSR count). The van der Waals surface area contributed by atoms with Gasteiger partial charge >= 0.3 is 0 Å². The summed E-state index contributed by atoms with van der Waals surface area (Å²) < 4.78 is 0. The Labute approximate surface area is 512 Å². The predicted molar refractivity (Wildman–Crippen MR) is 359 cm³/mol. The van der Waals surface area contributed by atoms with Gasteiger partial charge in [0.05, 0.1) is 0 Å². The second-order valence-electron chi connectivity index (χ2n) is 25.9. The predicted octanol–water partition coefficient (Wildman–Crippen LogP) is 21.8. The molecule has 0 atom stereocenters. The molecular weight excluding hydrogens is 1010 g/mol. The fourth-order valence-electron chi connectivity index (χ4n) is 12.4. The first kappa shape index (κ1) is 80.4. The van der Waals surface area contributed by atoms with Crippen LogP contribution in [0.15, 0.2) is 0 Å². The maximum atomic E-state index is 15.4. The highest BCUT2D eigenvalue weighted by atomic mass is 16.2. The Morgan fingerprint density at radius 1 is 0.268 bits per heavy atom. The van der Waals surface area contributed by atoms with Crippen molar-refractivity contribution in [2.24, 2.45) is 5.73 Å². The summed E-state index contributed by atoms with van der Waals surface area (Å²) in [5.74, 6) is -0.940. The highest BCUT2D eigenvalue weighted by Crippen LogP contribution is 2.32. The van der Waals surface area contributed by atoms with Gasteiger partial charge in [0.15, 0.2) is 17.1 Å². The molecule has 0 unspecified atom stereocenters. The van der Waals surface area contributed by atoms with Crippen molar-refractivity contribution in [3.05, 3.63) is 0 Å². The van der Waals surface area contributed by atoms with Crippen LogP contribution in [0.3, 0.4) is 0 Å². The highest BCUT2D eigenvalue weighted by Gasteiger charge is 2.52. The number of nitrogens with one attached hydrogen (secondary N) is 2. The molecule has 0 heterocycles. The van der Waals surface area contributed by atoms with Crippen LogP contribution in [0.1, 0.15) is 413 Å². The minimum atomic E-state index is -1.76. The molecule has 0 aromatic heterocycles. The summed E-state index contributed by atoms with van der Waals surface area (Å²) in [6.07, 6.45) is 67.0. The topological polar surface area (TPSA) is 122 Å². The molecular formula is C74H146N4O4. The van der Waals surface area contributed by atoms with Gasteiger partial charge in [0.2, 0.25) is 11.8 Å². The largest absolute Gasteiger partial charge is 0.330 e. The molecule has 0 aliphatic carbocycles. The summed E-state index contributed by atoms with van der Waals surface area (Å²) in [5.41, 5.74) is 3.96. The number of hydrogen-bond donors (Lipinski definition) is 3. The molecule has 2 amide bonds. The molecule has 0 radical (unpaired) electrons. The first-order chi connectivity index (χ1) is 40.4. The Morgan fingerprint density at radius 3 is 0.720 bits per heavy atom. The first-order valence-electron chi connectivity index (χ1n) is 37.4. The number of nitrogens with zero attached hydrogens (tertiary/aromatic N) is 1. The van der Waals surface area contributed by atoms with Crippen molar-refractivity contribution in [1.82, 2.24) is 15.5 Å². The zero-order chi connectivity index (χ0) is 59.8. The smallest absolute Gasteiger partial charge is 0.230 e. The number of rotatable bonds is 70. The normalized spacial score (nSPS) is 11.8. The zero-order valence-electron chi connectivity index (χ0n) is 56.1. The van der Waals surface area contributed by atoms with Gasteiger partial charge in [-0.25, -0.2) is 0 Å². The van der Waals surface area contributed by atoms with Crippen molar-refractivity contribution < 1.29 is 19.2 Å². The lowest BCUT2D eigenvalue weighted by Crippen LogP contribution is -2.65. The molecule has 0 aliphatic heterocycles. The number of ketones is 2. The summed E-state index contributed by atoms with van der Waals surface area (Å²) >= 11 is 0. The van der Waals surface area contributed by atoms with Crippen molar-refractivity contribution >= 4 is 23.4 Å². The number of hydrogen-bond acceptors (Lipinski definition) is 7. The molecule has 0 aromatic carbocycles. The first-order valence-corrected chi connectivity index (χ1v) is 37.4. The van der Waals surface area contributed by atoms with E-state index in [-0.39, 0.29) is 55.5 Å². The van der Waals surface area contributed by atoms with E-state index in [1.54, 1.807) is 0 Å². The van der Waals surface area contributed by atoms with Crippen LogP contribution in [0.4, 0.5) is 0 Å². The molecule has 82 heavy (non-hydrogen) atoms. The summed E-state index contributed by atoms with van der Waals surface area (Å²) in [5, 5.41) is 7.09. The van der Waals surface area contributed by atoms with Crippen molar-refractivity contribution in [2.45, 2.75) is 418 Å². The molecule has 486 valence electrons. The number of unbranched alkanes of at least 4 members (excludes halogenated alkanes) is 49. The van der Waals surface area contributed by atoms with Gasteiger partial charge in [-0.1, -0.05) is 336 Å². The number of carbonyl (C=O) groups is 4. The molecule has 0 bridgehead atoms. The molecule has 0 aromatic rings. The molecule has 0 fully saturated rings. The van der Waals surface area contributed by atoms with E-state index in [2.05, 4.69) is 38.3 Å². The Hall–Kier alpha value is -1.64. The maximum Gasteiger partial charge on any atom is 0.230 e. The van der Waals surface area contributed by atoms with Gasteiger partial charge < -0.3 is 16.4 Å². The van der Waals surface area contributed by atoms with Crippen molar-refractivity contribution in [3.63, 3.8) is 0 Å². The summed E-state index contributed by atoms with van der Waals surface area (Å²) in [7, 11) is 0. The van der Waals surface area contributed by atoms with Gasteiger partial charge in [-0.05, 0) is 84.1 Å². The number of carbonyl (C=O) groups excluding carboxylic acids is 4. The fourth-order valence-corrected chi connectivity index (χ4v) is 12.4. The SMILES string of the molecule is CCCCCCCCCCCCCCCC(=O)N(C(=O)CCCCCCCCCCCCCCC)C(CCNCCCCNCCCN)(C(=O)CCCCCCCCCCCCCCC)C(=O)CCCCCCCCCCCCCCC. The zero-order valence-corrected chi connectivity index (χ0v) is 56.1. The molecule has 0 saturated carbocycles. The van der Waals surface area contributed by atoms with Gasteiger partial charge in [0, 0.05) is 25.7 Å². The molecule has 8 heteroatoms. The van der Waals surface area contributed by atoms with E-state index >= 15 is 19.2 Å². The van der Waals surface area contributed by atoms with E-state index in [4.69, 9.17) is 5.73 Å². The van der Waals surface area contributed by atoms with Gasteiger partial charge in [-0.3, -0.25) is 24.1 Å². The highest BCUT2D eigenvalue weighted by molar-refractivity contribution is 6.17. The average Bonchev–Trinajstić information content (AvgIpc) is 2.70. The van der Waals surface area contributed by atoms with Crippen LogP contribution in [0.5, 0.6) is 0 Å². The average molecular weight is 1160 g/mol. The lowest BCUT2D eigenvalue weighted by atomic mass is 9.78. The molecule has 4 N–H and O–H groups in total. The van der Waals surface area contributed by atoms with Crippen LogP contribution >= 0.6 is 0 Å². The van der Waals surface area contributed by atoms with Gasteiger partial charge in [-0.2, -0.15) is 0 Å². The number of imide groups is 1. The third-order valence-corrected chi connectivity index (χ3v) is 18.0. The van der Waals surface area contributed by atoms with Gasteiger partial charge in [0.1, 0.15) is 0 Å². The van der Waals surface area contributed by atoms with Crippen molar-refractivity contribution in [2.75, 3.05) is 32.7 Å². The van der Waals surface area contributed by atoms with Crippen LogP contribution in [0, 0.1) is 0 Å². The third-order valence-electron chi connectivity index (χ3n) is 18.0. The van der Waals surface area contributed by atoms with Crippen LogP contribution in [0.25, 0.3) is 0 Å². The van der Waals surface area contributed by atoms with E-state index in [9.17, 15) is 0 Å². The quantitative estimate of drug-likeness (QED) is 0.0410. The minimum absolute atomic E-state index is 0.172. The van der Waals surface area contributed by atoms with Crippen LogP contribution in [-0.4, -0.2) is 66.5 Å². The van der Waals surface area contributed by atoms with Gasteiger partial charge in [-0.15, -0.1) is 0 Å². The van der Waals surface area contributed by atoms with Crippen LogP contribution in [-0.2, 0) is 19.2 Å². The van der Waals surface area contributed by atoms with E-state index < -0.39 is 5.54 Å². The lowest BCUT2D eigenvalue weighted by Gasteiger charge is -2.41. The number of amides is 2. The van der Waals surface area contributed by atoms with E-state index in [1.807, 2.05) is 0 Å². The molecule has 0 spiro atoms. The Bertz CT molecular complexity index is 1270. The van der Waals surface area contributed by atoms with E-state index in [1.165, 1.54) is 262 Å². The summed E-state index contributed by atoms with van der Waals surface area (Å²) in [6, 6.07) is 0. The van der Waals surface area contributed by atoms with Crippen molar-refractivity contribution in [1.29, 1.82) is 0 Å². The molecule has 0 saturated heterocycles. The second kappa shape index (κ2) is 65.3. The third kappa shape index (κ3) is 49.5. The minimum Gasteiger partial charge on any atom is -0.330 e. The molecule has 8 nitrogen and oxygen atoms in total. The fraction of sp³-hybridized carbons (Fsp3) is 0.946. The van der Waals surface area contributed by atoms with E-state index in [0.717, 1.165) is 90.3 Å². The Balaban J connectivity index is 6.41. The number of nitrogens with two attached hydrogens (primary N) is 1. The van der Waals surface area contributed by atoms with Crippen molar-refractivity contribution in [3.8, 4) is 0 Å². The summed E-state index contributed by atoms with van der Waals surface area (Å²) in [6.45, 7) is 12.8. The van der Waals surface area contributed by atoms with Crippen LogP contribution in [0.2, 0.25) is 0 Å². The monoisotopic (exact) mass is 1160 g/mol. The standard InChI is InChI=1S/C74H146N4O4/c1-5-9-13-17-21-25-29-33-37-41-45-49-53-60-70(79)74(64-69-77-67-58-57-66-76-68-59-65-75,71(80)61-54-50-46-42-38-34-30-26-22-18-14-10-6-2)78(72(81)62-55-51-47-43-39-35-31-27-23-19-15-11-7-3)73(82)63-56-52-48-44-40-36-32-28-24-20-16-12-8-4/h76-77H,5-69,75H2,1-4H3.